The third-order valence-electron chi connectivity index (χ3n) is 5.66. The molecule has 0 aliphatic carbocycles. The molecule has 5 heterocycles. The van der Waals surface area contributed by atoms with E-state index in [-0.39, 0.29) is 11.8 Å². The van der Waals surface area contributed by atoms with E-state index in [4.69, 9.17) is 4.74 Å². The molecule has 2 aliphatic heterocycles. The summed E-state index contributed by atoms with van der Waals surface area (Å²) in [6.07, 6.45) is 8.85. The molecule has 0 bridgehead atoms. The third kappa shape index (κ3) is 3.24. The highest BCUT2D eigenvalue weighted by Crippen LogP contribution is 2.40. The number of carbonyl (C=O) groups is 2. The summed E-state index contributed by atoms with van der Waals surface area (Å²) in [5, 5.41) is 9.43. The second kappa shape index (κ2) is 7.38. The Balaban J connectivity index is 1.33. The van der Waals surface area contributed by atoms with Crippen LogP contribution >= 0.6 is 0 Å². The first-order valence-corrected chi connectivity index (χ1v) is 9.84. The van der Waals surface area contributed by atoms with Crippen molar-refractivity contribution in [1.29, 1.82) is 0 Å². The molecule has 154 valence electrons. The number of imidazole rings is 1. The Kier molecular flexibility index (Phi) is 4.55. The Labute approximate surface area is 172 Å². The maximum Gasteiger partial charge on any atom is 0.271 e. The zero-order valence-corrected chi connectivity index (χ0v) is 16.2. The van der Waals surface area contributed by atoms with Gasteiger partial charge in [-0.25, -0.2) is 4.98 Å². The van der Waals surface area contributed by atoms with Gasteiger partial charge in [-0.3, -0.25) is 19.7 Å². The van der Waals surface area contributed by atoms with E-state index in [0.29, 0.717) is 43.9 Å². The number of nitrogens with zero attached hydrogens (tertiary/aromatic N) is 5. The number of hydrogen-bond donors (Lipinski definition) is 2. The number of likely N-dealkylation sites (tertiary alicyclic amines) is 1. The molecule has 3 aromatic heterocycles. The monoisotopic (exact) mass is 407 g/mol. The lowest BCUT2D eigenvalue weighted by atomic mass is 9.88. The first-order valence-electron chi connectivity index (χ1n) is 9.84. The van der Waals surface area contributed by atoms with Gasteiger partial charge in [0.05, 0.1) is 18.4 Å². The number of nitrogens with one attached hydrogen (secondary N) is 2. The average Bonchev–Trinajstić information content (AvgIpc) is 3.47. The lowest BCUT2D eigenvalue weighted by molar-refractivity contribution is -0.168. The quantitative estimate of drug-likeness (QED) is 0.673. The van der Waals surface area contributed by atoms with Crippen molar-refractivity contribution < 1.29 is 14.3 Å². The first kappa shape index (κ1) is 18.5. The highest BCUT2D eigenvalue weighted by atomic mass is 16.5. The van der Waals surface area contributed by atoms with Crippen molar-refractivity contribution in [3.05, 3.63) is 60.7 Å². The average molecular weight is 407 g/mol. The van der Waals surface area contributed by atoms with Gasteiger partial charge in [0.2, 0.25) is 0 Å². The van der Waals surface area contributed by atoms with Gasteiger partial charge in [-0.15, -0.1) is 0 Å². The van der Waals surface area contributed by atoms with E-state index < -0.39 is 11.7 Å². The molecule has 0 radical (unpaired) electrons. The molecule has 30 heavy (non-hydrogen) atoms. The number of anilines is 1. The van der Waals surface area contributed by atoms with E-state index in [1.54, 1.807) is 47.9 Å². The van der Waals surface area contributed by atoms with Crippen molar-refractivity contribution in [3.63, 3.8) is 0 Å². The SMILES string of the molecule is O=C(Nc1cccnc1)C1Cn2ccnc2C2(CCN(C(=O)c3ccn[nH]3)CC2)O1. The molecule has 1 fully saturated rings. The van der Waals surface area contributed by atoms with Gasteiger partial charge in [-0.05, 0) is 18.2 Å². The number of fused-ring (bicyclic) bond motifs is 2. The predicted octanol–water partition coefficient (Wildman–Crippen LogP) is 1.17. The molecule has 3 aromatic rings. The van der Waals surface area contributed by atoms with Crippen LogP contribution in [0.2, 0.25) is 0 Å². The van der Waals surface area contributed by atoms with Crippen LogP contribution in [0.15, 0.2) is 49.2 Å². The predicted molar refractivity (Wildman–Crippen MR) is 105 cm³/mol. The van der Waals surface area contributed by atoms with Gasteiger partial charge in [-0.1, -0.05) is 0 Å². The summed E-state index contributed by atoms with van der Waals surface area (Å²) in [5.74, 6) is 0.492. The molecule has 1 atom stereocenters. The summed E-state index contributed by atoms with van der Waals surface area (Å²) >= 11 is 0. The molecule has 10 nitrogen and oxygen atoms in total. The van der Waals surface area contributed by atoms with E-state index in [1.807, 2.05) is 10.8 Å². The van der Waals surface area contributed by atoms with Crippen LogP contribution in [0.1, 0.15) is 29.2 Å². The number of carbonyl (C=O) groups excluding carboxylic acids is 2. The lowest BCUT2D eigenvalue weighted by Crippen LogP contribution is -2.54. The number of pyridine rings is 1. The molecule has 1 unspecified atom stereocenters. The number of amides is 2. The summed E-state index contributed by atoms with van der Waals surface area (Å²) in [7, 11) is 0. The third-order valence-corrected chi connectivity index (χ3v) is 5.66. The van der Waals surface area contributed by atoms with Crippen LogP contribution in [0.5, 0.6) is 0 Å². The summed E-state index contributed by atoms with van der Waals surface area (Å²) in [5.41, 5.74) is 0.381. The second-order valence-corrected chi connectivity index (χ2v) is 7.50. The first-order chi connectivity index (χ1) is 14.6. The number of hydrogen-bond acceptors (Lipinski definition) is 6. The van der Waals surface area contributed by atoms with Gasteiger partial charge in [-0.2, -0.15) is 5.10 Å². The molecule has 5 rings (SSSR count). The molecule has 0 aromatic carbocycles. The fourth-order valence-corrected chi connectivity index (χ4v) is 4.15. The van der Waals surface area contributed by atoms with Crippen LogP contribution in [0.3, 0.4) is 0 Å². The van der Waals surface area contributed by atoms with Crippen LogP contribution in [0.25, 0.3) is 0 Å². The summed E-state index contributed by atoms with van der Waals surface area (Å²) in [6.45, 7) is 1.39. The van der Waals surface area contributed by atoms with Gasteiger partial charge in [0.25, 0.3) is 11.8 Å². The number of aromatic amines is 1. The fraction of sp³-hybridized carbons (Fsp3) is 0.350. The minimum Gasteiger partial charge on any atom is -0.352 e. The lowest BCUT2D eigenvalue weighted by Gasteiger charge is -2.45. The molecule has 1 spiro atoms. The van der Waals surface area contributed by atoms with E-state index in [1.165, 1.54) is 0 Å². The Hall–Kier alpha value is -3.53. The number of piperidine rings is 1. The maximum atomic E-state index is 12.9. The van der Waals surface area contributed by atoms with Crippen LogP contribution in [-0.4, -0.2) is 60.6 Å². The van der Waals surface area contributed by atoms with E-state index in [0.717, 1.165) is 5.82 Å². The number of aromatic nitrogens is 5. The van der Waals surface area contributed by atoms with Crippen LogP contribution < -0.4 is 5.32 Å². The molecule has 2 aliphatic rings. The molecular weight excluding hydrogens is 386 g/mol. The maximum absolute atomic E-state index is 12.9. The molecule has 2 amide bonds. The Morgan fingerprint density at radius 1 is 1.20 bits per heavy atom. The van der Waals surface area contributed by atoms with E-state index in [2.05, 4.69) is 25.5 Å². The Morgan fingerprint density at radius 2 is 2.07 bits per heavy atom. The number of H-pyrrole nitrogens is 1. The van der Waals surface area contributed by atoms with Crippen molar-refractivity contribution in [1.82, 2.24) is 29.6 Å². The van der Waals surface area contributed by atoms with Gasteiger partial charge in [0.15, 0.2) is 6.10 Å². The molecule has 1 saturated heterocycles. The summed E-state index contributed by atoms with van der Waals surface area (Å²) in [6, 6.07) is 5.21. The van der Waals surface area contributed by atoms with Gasteiger partial charge >= 0.3 is 0 Å². The largest absolute Gasteiger partial charge is 0.352 e. The highest BCUT2D eigenvalue weighted by Gasteiger charge is 2.47. The minimum absolute atomic E-state index is 0.0904. The highest BCUT2D eigenvalue weighted by molar-refractivity contribution is 5.94. The topological polar surface area (TPSA) is 118 Å². The van der Waals surface area contributed by atoms with Crippen LogP contribution in [0, 0.1) is 0 Å². The van der Waals surface area contributed by atoms with Gasteiger partial charge in [0, 0.05) is 50.7 Å². The second-order valence-electron chi connectivity index (χ2n) is 7.50. The van der Waals surface area contributed by atoms with Crippen molar-refractivity contribution in [3.8, 4) is 0 Å². The Bertz CT molecular complexity index is 1040. The van der Waals surface area contributed by atoms with Crippen molar-refractivity contribution in [2.75, 3.05) is 18.4 Å². The molecule has 0 saturated carbocycles. The summed E-state index contributed by atoms with van der Waals surface area (Å²) < 4.78 is 8.35. The fourth-order valence-electron chi connectivity index (χ4n) is 4.15. The van der Waals surface area contributed by atoms with Crippen molar-refractivity contribution in [2.45, 2.75) is 31.1 Å². The zero-order valence-electron chi connectivity index (χ0n) is 16.2. The molecule has 2 N–H and O–H groups in total. The zero-order chi connectivity index (χ0) is 20.6. The standard InChI is InChI=1S/C20H21N7O3/c28-17(24-14-2-1-6-21-12-14)16-13-27-11-8-22-19(27)20(30-16)4-9-26(10-5-20)18(29)15-3-7-23-25-15/h1-3,6-8,11-12,16H,4-5,9-10,13H2,(H,23,25)(H,24,28). The van der Waals surface area contributed by atoms with E-state index in [9.17, 15) is 9.59 Å². The summed E-state index contributed by atoms with van der Waals surface area (Å²) in [4.78, 5) is 35.8. The number of ether oxygens (including phenoxy) is 1. The van der Waals surface area contributed by atoms with Gasteiger partial charge < -0.3 is 19.5 Å². The van der Waals surface area contributed by atoms with Crippen molar-refractivity contribution in [2.24, 2.45) is 0 Å². The van der Waals surface area contributed by atoms with Crippen LogP contribution in [-0.2, 0) is 21.7 Å². The molecule has 10 heteroatoms. The van der Waals surface area contributed by atoms with Crippen molar-refractivity contribution >= 4 is 17.5 Å². The van der Waals surface area contributed by atoms with Gasteiger partial charge in [0.1, 0.15) is 17.1 Å². The van der Waals surface area contributed by atoms with Crippen LogP contribution in [0.4, 0.5) is 5.69 Å². The molecular formula is C20H21N7O3. The smallest absolute Gasteiger partial charge is 0.271 e. The minimum atomic E-state index is -0.705. The normalized spacial score (nSPS) is 20.0. The Morgan fingerprint density at radius 3 is 2.80 bits per heavy atom. The number of rotatable bonds is 3. The van der Waals surface area contributed by atoms with E-state index >= 15 is 0 Å².